The number of hydrogen-bond donors (Lipinski definition) is 0. The summed E-state index contributed by atoms with van der Waals surface area (Å²) in [6.07, 6.45) is 2.29. The second-order valence-electron chi connectivity index (χ2n) is 6.08. The summed E-state index contributed by atoms with van der Waals surface area (Å²) in [4.78, 5) is 2.37. The fourth-order valence-electron chi connectivity index (χ4n) is 3.40. The number of piperidine rings is 1. The number of rotatable bonds is 3. The van der Waals surface area contributed by atoms with Crippen molar-refractivity contribution >= 4 is 17.3 Å². The van der Waals surface area contributed by atoms with E-state index in [0.29, 0.717) is 19.8 Å². The molecule has 0 amide bonds. The molecule has 2 fully saturated rings. The van der Waals surface area contributed by atoms with Crippen LogP contribution in [0.4, 0.5) is 5.69 Å². The molecule has 0 aromatic heterocycles. The molecule has 2 aliphatic rings. The minimum atomic E-state index is 0.0732. The van der Waals surface area contributed by atoms with Crippen molar-refractivity contribution in [3.63, 3.8) is 0 Å². The third-order valence-electron chi connectivity index (χ3n) is 4.61. The molecule has 2 saturated heterocycles. The minimum absolute atomic E-state index is 0.0732. The van der Waals surface area contributed by atoms with Crippen LogP contribution in [0, 0.1) is 6.92 Å². The van der Waals surface area contributed by atoms with Gasteiger partial charge in [0.2, 0.25) is 0 Å². The van der Waals surface area contributed by atoms with E-state index in [4.69, 9.17) is 25.8 Å². The molecule has 122 valence electrons. The molecule has 0 N–H and O–H groups in total. The number of aryl methyl sites for hydroxylation is 1. The van der Waals surface area contributed by atoms with E-state index in [1.807, 2.05) is 6.07 Å². The van der Waals surface area contributed by atoms with E-state index in [1.54, 1.807) is 7.11 Å². The molecule has 2 aliphatic heterocycles. The Kier molecular flexibility index (Phi) is 5.24. The van der Waals surface area contributed by atoms with E-state index >= 15 is 0 Å². The second-order valence-corrected chi connectivity index (χ2v) is 6.49. The van der Waals surface area contributed by atoms with Crippen molar-refractivity contribution in [3.8, 4) is 0 Å². The Morgan fingerprint density at radius 1 is 1.32 bits per heavy atom. The van der Waals surface area contributed by atoms with Crippen molar-refractivity contribution in [3.05, 3.63) is 28.8 Å². The number of methoxy groups -OCH3 is 1. The van der Waals surface area contributed by atoms with Crippen LogP contribution in [0.25, 0.3) is 0 Å². The summed E-state index contributed by atoms with van der Waals surface area (Å²) in [6.45, 7) is 4.96. The van der Waals surface area contributed by atoms with Crippen LogP contribution >= 0.6 is 11.6 Å². The Bertz CT molecular complexity index is 505. The topological polar surface area (TPSA) is 30.9 Å². The average Bonchev–Trinajstić information content (AvgIpc) is 2.55. The van der Waals surface area contributed by atoms with Gasteiger partial charge in [-0.1, -0.05) is 17.7 Å². The smallest absolute Gasteiger partial charge is 0.101 e. The monoisotopic (exact) mass is 325 g/mol. The summed E-state index contributed by atoms with van der Waals surface area (Å²) in [5.41, 5.74) is 2.26. The van der Waals surface area contributed by atoms with Gasteiger partial charge in [0, 0.05) is 13.7 Å². The first-order valence-corrected chi connectivity index (χ1v) is 8.32. The number of ether oxygens (including phenoxy) is 3. The summed E-state index contributed by atoms with van der Waals surface area (Å²) in [5, 5.41) is 0.803. The first-order chi connectivity index (χ1) is 10.7. The average molecular weight is 326 g/mol. The highest BCUT2D eigenvalue weighted by Crippen LogP contribution is 2.34. The molecule has 0 spiro atoms. The molecule has 4 nitrogen and oxygen atoms in total. The Morgan fingerprint density at radius 2 is 2.18 bits per heavy atom. The number of anilines is 1. The Labute approximate surface area is 137 Å². The highest BCUT2D eigenvalue weighted by molar-refractivity contribution is 6.33. The number of halogens is 1. The number of nitrogens with zero attached hydrogens (tertiary/aromatic N) is 1. The van der Waals surface area contributed by atoms with Gasteiger partial charge in [0.05, 0.1) is 42.7 Å². The lowest BCUT2D eigenvalue weighted by Crippen LogP contribution is -2.54. The van der Waals surface area contributed by atoms with Gasteiger partial charge in [-0.05, 0) is 37.5 Å². The van der Waals surface area contributed by atoms with Gasteiger partial charge in [-0.2, -0.15) is 0 Å². The maximum Gasteiger partial charge on any atom is 0.101 e. The third-order valence-corrected chi connectivity index (χ3v) is 4.92. The van der Waals surface area contributed by atoms with Crippen molar-refractivity contribution in [2.24, 2.45) is 0 Å². The molecule has 0 bridgehead atoms. The predicted molar refractivity (Wildman–Crippen MR) is 87.9 cm³/mol. The van der Waals surface area contributed by atoms with Gasteiger partial charge in [-0.25, -0.2) is 0 Å². The van der Waals surface area contributed by atoms with E-state index < -0.39 is 0 Å². The molecular formula is C17H24ClNO3. The lowest BCUT2D eigenvalue weighted by molar-refractivity contribution is -0.106. The van der Waals surface area contributed by atoms with Crippen LogP contribution in [-0.2, 0) is 14.2 Å². The van der Waals surface area contributed by atoms with E-state index in [2.05, 4.69) is 24.0 Å². The summed E-state index contributed by atoms with van der Waals surface area (Å²) in [7, 11) is 1.79. The summed E-state index contributed by atoms with van der Waals surface area (Å²) in [6, 6.07) is 6.48. The predicted octanol–water partition coefficient (Wildman–Crippen LogP) is 3.05. The van der Waals surface area contributed by atoms with Gasteiger partial charge in [0.25, 0.3) is 0 Å². The van der Waals surface area contributed by atoms with Crippen LogP contribution in [0.5, 0.6) is 0 Å². The Morgan fingerprint density at radius 3 is 2.86 bits per heavy atom. The molecule has 3 unspecified atom stereocenters. The van der Waals surface area contributed by atoms with Gasteiger partial charge in [-0.15, -0.1) is 0 Å². The van der Waals surface area contributed by atoms with E-state index in [-0.39, 0.29) is 18.2 Å². The lowest BCUT2D eigenvalue weighted by atomic mass is 9.94. The first-order valence-electron chi connectivity index (χ1n) is 7.94. The maximum absolute atomic E-state index is 6.49. The molecule has 0 radical (unpaired) electrons. The molecule has 2 heterocycles. The first kappa shape index (κ1) is 16.1. The van der Waals surface area contributed by atoms with Crippen molar-refractivity contribution < 1.29 is 14.2 Å². The van der Waals surface area contributed by atoms with Gasteiger partial charge in [-0.3, -0.25) is 0 Å². The summed E-state index contributed by atoms with van der Waals surface area (Å²) in [5.74, 6) is 0. The fraction of sp³-hybridized carbons (Fsp3) is 0.647. The normalized spacial score (nSPS) is 29.6. The molecule has 22 heavy (non-hydrogen) atoms. The molecule has 0 saturated carbocycles. The Hall–Kier alpha value is -0.810. The van der Waals surface area contributed by atoms with Crippen molar-refractivity contribution in [1.29, 1.82) is 0 Å². The lowest BCUT2D eigenvalue weighted by Gasteiger charge is -2.45. The van der Waals surface area contributed by atoms with Crippen LogP contribution in [0.15, 0.2) is 18.2 Å². The minimum Gasteiger partial charge on any atom is -0.381 e. The molecule has 1 aromatic carbocycles. The fourth-order valence-corrected chi connectivity index (χ4v) is 3.75. The summed E-state index contributed by atoms with van der Waals surface area (Å²) < 4.78 is 17.2. The zero-order valence-electron chi connectivity index (χ0n) is 13.3. The van der Waals surface area contributed by atoms with Gasteiger partial charge >= 0.3 is 0 Å². The quantitative estimate of drug-likeness (QED) is 0.854. The number of hydrogen-bond acceptors (Lipinski definition) is 4. The number of benzene rings is 1. The molecule has 3 atom stereocenters. The standard InChI is InChI=1S/C17H24ClNO3/c1-12-3-4-15(14(18)9-12)19-6-5-13(20-2)10-16(19)17-11-21-7-8-22-17/h3-4,9,13,16-17H,5-8,10-11H2,1-2H3. The van der Waals surface area contributed by atoms with Crippen molar-refractivity contribution in [2.75, 3.05) is 38.4 Å². The van der Waals surface area contributed by atoms with E-state index in [0.717, 1.165) is 30.1 Å². The van der Waals surface area contributed by atoms with Crippen LogP contribution < -0.4 is 4.90 Å². The second kappa shape index (κ2) is 7.18. The van der Waals surface area contributed by atoms with E-state index in [1.165, 1.54) is 5.56 Å². The molecule has 3 rings (SSSR count). The summed E-state index contributed by atoms with van der Waals surface area (Å²) >= 11 is 6.49. The zero-order valence-corrected chi connectivity index (χ0v) is 14.0. The molecule has 5 heteroatoms. The van der Waals surface area contributed by atoms with E-state index in [9.17, 15) is 0 Å². The van der Waals surface area contributed by atoms with Crippen LogP contribution in [-0.4, -0.2) is 51.7 Å². The molecular weight excluding hydrogens is 302 g/mol. The maximum atomic E-state index is 6.49. The van der Waals surface area contributed by atoms with Crippen molar-refractivity contribution in [1.82, 2.24) is 0 Å². The SMILES string of the molecule is COC1CCN(c2ccc(C)cc2Cl)C(C2COCCO2)C1. The highest BCUT2D eigenvalue weighted by Gasteiger charge is 2.36. The van der Waals surface area contributed by atoms with Crippen molar-refractivity contribution in [2.45, 2.75) is 38.0 Å². The molecule has 0 aliphatic carbocycles. The van der Waals surface area contributed by atoms with Crippen LogP contribution in [0.3, 0.4) is 0 Å². The van der Waals surface area contributed by atoms with Gasteiger partial charge < -0.3 is 19.1 Å². The van der Waals surface area contributed by atoms with Crippen LogP contribution in [0.2, 0.25) is 5.02 Å². The third kappa shape index (κ3) is 3.40. The Balaban J connectivity index is 1.85. The van der Waals surface area contributed by atoms with Gasteiger partial charge in [0.1, 0.15) is 6.10 Å². The van der Waals surface area contributed by atoms with Crippen LogP contribution in [0.1, 0.15) is 18.4 Å². The highest BCUT2D eigenvalue weighted by atomic mass is 35.5. The van der Waals surface area contributed by atoms with Gasteiger partial charge in [0.15, 0.2) is 0 Å². The zero-order chi connectivity index (χ0) is 15.5. The largest absolute Gasteiger partial charge is 0.381 e. The molecule has 1 aromatic rings.